The molecule has 2 rings (SSSR count). The van der Waals surface area contributed by atoms with E-state index in [0.29, 0.717) is 5.92 Å². The minimum Gasteiger partial charge on any atom is -0.212 e. The Bertz CT molecular complexity index is 273. The Labute approximate surface area is 73.6 Å². The summed E-state index contributed by atoms with van der Waals surface area (Å²) in [6.07, 6.45) is 3.52. The van der Waals surface area contributed by atoms with Crippen LogP contribution in [0.5, 0.6) is 0 Å². The maximum Gasteiger partial charge on any atom is 0.211 e. The largest absolute Gasteiger partial charge is 0.212 e. The molecule has 2 aliphatic rings. The average molecular weight is 189 g/mol. The van der Waals surface area contributed by atoms with Crippen LogP contribution in [0.1, 0.15) is 26.2 Å². The molecule has 0 heterocycles. The van der Waals surface area contributed by atoms with E-state index in [4.69, 9.17) is 0 Å². The van der Waals surface area contributed by atoms with Crippen LogP contribution < -0.4 is 4.72 Å². The van der Waals surface area contributed by atoms with Gasteiger partial charge in [0.25, 0.3) is 0 Å². The van der Waals surface area contributed by atoms with Crippen molar-refractivity contribution in [3.63, 3.8) is 0 Å². The lowest BCUT2D eigenvalue weighted by atomic mass is 10.2. The van der Waals surface area contributed by atoms with Gasteiger partial charge in [0, 0.05) is 6.04 Å². The molecule has 1 N–H and O–H groups in total. The summed E-state index contributed by atoms with van der Waals surface area (Å²) in [5.74, 6) is 1.72. The van der Waals surface area contributed by atoms with Gasteiger partial charge in [0.05, 0.1) is 5.75 Å². The van der Waals surface area contributed by atoms with Crippen LogP contribution in [0.15, 0.2) is 0 Å². The minimum absolute atomic E-state index is 0.209. The summed E-state index contributed by atoms with van der Waals surface area (Å²) in [7, 11) is -2.96. The Morgan fingerprint density at radius 1 is 1.42 bits per heavy atom. The van der Waals surface area contributed by atoms with E-state index in [1.54, 1.807) is 6.92 Å². The van der Waals surface area contributed by atoms with Gasteiger partial charge in [-0.1, -0.05) is 0 Å². The number of hydrogen-bond donors (Lipinski definition) is 1. The highest BCUT2D eigenvalue weighted by Crippen LogP contribution is 2.51. The molecule has 4 heteroatoms. The first-order chi connectivity index (χ1) is 5.62. The van der Waals surface area contributed by atoms with Gasteiger partial charge in [-0.15, -0.1) is 0 Å². The topological polar surface area (TPSA) is 46.2 Å². The van der Waals surface area contributed by atoms with E-state index in [1.807, 2.05) is 0 Å². The van der Waals surface area contributed by atoms with Crippen LogP contribution in [0.25, 0.3) is 0 Å². The lowest BCUT2D eigenvalue weighted by Gasteiger charge is -2.12. The second kappa shape index (κ2) is 2.70. The van der Waals surface area contributed by atoms with Crippen molar-refractivity contribution in [3.8, 4) is 0 Å². The van der Waals surface area contributed by atoms with E-state index in [2.05, 4.69) is 4.72 Å². The number of fused-ring (bicyclic) bond motifs is 1. The van der Waals surface area contributed by atoms with Gasteiger partial charge in [-0.2, -0.15) is 0 Å². The van der Waals surface area contributed by atoms with Gasteiger partial charge in [-0.3, -0.25) is 0 Å². The number of nitrogens with one attached hydrogen (secondary N) is 1. The van der Waals surface area contributed by atoms with Crippen molar-refractivity contribution in [2.24, 2.45) is 11.8 Å². The fourth-order valence-electron chi connectivity index (χ4n) is 2.16. The monoisotopic (exact) mass is 189 g/mol. The molecule has 3 nitrogen and oxygen atoms in total. The van der Waals surface area contributed by atoms with Crippen molar-refractivity contribution in [1.82, 2.24) is 4.72 Å². The second-order valence-corrected chi connectivity index (χ2v) is 5.91. The van der Waals surface area contributed by atoms with Crippen molar-refractivity contribution in [2.75, 3.05) is 5.75 Å². The molecular weight excluding hydrogens is 174 g/mol. The van der Waals surface area contributed by atoms with Gasteiger partial charge in [-0.05, 0) is 38.0 Å². The van der Waals surface area contributed by atoms with Gasteiger partial charge in [0.15, 0.2) is 0 Å². The standard InChI is InChI=1S/C8H15NO2S/c1-2-12(10,11)9-8-4-3-6-5-7(6)8/h6-9H,2-5H2,1H3. The zero-order valence-electron chi connectivity index (χ0n) is 7.29. The summed E-state index contributed by atoms with van der Waals surface area (Å²) in [5.41, 5.74) is 0. The SMILES string of the molecule is CCS(=O)(=O)NC1CCC2CC21. The van der Waals surface area contributed by atoms with Gasteiger partial charge in [0.2, 0.25) is 10.0 Å². The van der Waals surface area contributed by atoms with E-state index in [9.17, 15) is 8.42 Å². The van der Waals surface area contributed by atoms with Crippen LogP contribution in [-0.2, 0) is 10.0 Å². The summed E-state index contributed by atoms with van der Waals surface area (Å²) >= 11 is 0. The Morgan fingerprint density at radius 3 is 2.58 bits per heavy atom. The highest BCUT2D eigenvalue weighted by Gasteiger charge is 2.48. The zero-order chi connectivity index (χ0) is 8.77. The third-order valence-electron chi connectivity index (χ3n) is 3.05. The van der Waals surface area contributed by atoms with E-state index >= 15 is 0 Å². The number of sulfonamides is 1. The van der Waals surface area contributed by atoms with Crippen molar-refractivity contribution in [3.05, 3.63) is 0 Å². The summed E-state index contributed by atoms with van der Waals surface area (Å²) in [6.45, 7) is 1.68. The third kappa shape index (κ3) is 1.50. The summed E-state index contributed by atoms with van der Waals surface area (Å²) in [4.78, 5) is 0. The molecule has 2 aliphatic carbocycles. The fourth-order valence-corrected chi connectivity index (χ4v) is 3.08. The quantitative estimate of drug-likeness (QED) is 0.711. The summed E-state index contributed by atoms with van der Waals surface area (Å²) in [5, 5.41) is 0. The van der Waals surface area contributed by atoms with Crippen LogP contribution in [0.3, 0.4) is 0 Å². The van der Waals surface area contributed by atoms with Crippen molar-refractivity contribution in [2.45, 2.75) is 32.2 Å². The molecule has 0 aliphatic heterocycles. The first-order valence-corrected chi connectivity index (χ1v) is 6.27. The van der Waals surface area contributed by atoms with E-state index in [1.165, 1.54) is 12.8 Å². The molecule has 0 aromatic carbocycles. The summed E-state index contributed by atoms with van der Waals surface area (Å²) < 4.78 is 25.2. The van der Waals surface area contributed by atoms with Crippen LogP contribution in [0.4, 0.5) is 0 Å². The molecule has 0 radical (unpaired) electrons. The van der Waals surface area contributed by atoms with Crippen LogP contribution >= 0.6 is 0 Å². The normalized spacial score (nSPS) is 39.6. The molecule has 2 saturated carbocycles. The van der Waals surface area contributed by atoms with Crippen molar-refractivity contribution >= 4 is 10.0 Å². The van der Waals surface area contributed by atoms with E-state index in [-0.39, 0.29) is 11.8 Å². The molecule has 12 heavy (non-hydrogen) atoms. The maximum absolute atomic E-state index is 11.2. The molecule has 0 amide bonds. The molecule has 0 saturated heterocycles. The molecule has 0 aromatic rings. The van der Waals surface area contributed by atoms with Crippen molar-refractivity contribution < 1.29 is 8.42 Å². The van der Waals surface area contributed by atoms with Crippen LogP contribution in [0.2, 0.25) is 0 Å². The van der Waals surface area contributed by atoms with Crippen molar-refractivity contribution in [1.29, 1.82) is 0 Å². The Balaban J connectivity index is 1.95. The lowest BCUT2D eigenvalue weighted by Crippen LogP contribution is -2.35. The van der Waals surface area contributed by atoms with Gasteiger partial charge in [0.1, 0.15) is 0 Å². The molecule has 2 fully saturated rings. The molecule has 3 unspecified atom stereocenters. The van der Waals surface area contributed by atoms with Gasteiger partial charge < -0.3 is 0 Å². The molecule has 0 bridgehead atoms. The fraction of sp³-hybridized carbons (Fsp3) is 1.00. The van der Waals surface area contributed by atoms with Gasteiger partial charge >= 0.3 is 0 Å². The first kappa shape index (κ1) is 8.51. The second-order valence-electron chi connectivity index (χ2n) is 3.86. The predicted octanol–water partition coefficient (Wildman–Crippen LogP) is 0.724. The Hall–Kier alpha value is -0.0900. The number of hydrogen-bond acceptors (Lipinski definition) is 2. The molecule has 0 spiro atoms. The van der Waals surface area contributed by atoms with E-state index < -0.39 is 10.0 Å². The first-order valence-electron chi connectivity index (χ1n) is 4.62. The van der Waals surface area contributed by atoms with Gasteiger partial charge in [-0.25, -0.2) is 13.1 Å². The molecular formula is C8H15NO2S. The smallest absolute Gasteiger partial charge is 0.211 e. The van der Waals surface area contributed by atoms with Crippen LogP contribution in [0, 0.1) is 11.8 Å². The third-order valence-corrected chi connectivity index (χ3v) is 4.48. The van der Waals surface area contributed by atoms with Crippen LogP contribution in [-0.4, -0.2) is 20.2 Å². The molecule has 3 atom stereocenters. The zero-order valence-corrected chi connectivity index (χ0v) is 8.10. The predicted molar refractivity (Wildman–Crippen MR) is 47.2 cm³/mol. The molecule has 0 aromatic heterocycles. The maximum atomic E-state index is 11.2. The Kier molecular flexibility index (Phi) is 1.92. The molecule has 70 valence electrons. The highest BCUT2D eigenvalue weighted by molar-refractivity contribution is 7.89. The minimum atomic E-state index is -2.96. The summed E-state index contributed by atoms with van der Waals surface area (Å²) in [6, 6.07) is 0.264. The average Bonchev–Trinajstić information content (AvgIpc) is 2.71. The van der Waals surface area contributed by atoms with E-state index in [0.717, 1.165) is 12.3 Å². The Morgan fingerprint density at radius 2 is 2.17 bits per heavy atom. The highest BCUT2D eigenvalue weighted by atomic mass is 32.2. The number of rotatable bonds is 3. The lowest BCUT2D eigenvalue weighted by molar-refractivity contribution is 0.524.